The zero-order chi connectivity index (χ0) is 28.9. The number of benzene rings is 1. The Hall–Kier alpha value is -3.55. The summed E-state index contributed by atoms with van der Waals surface area (Å²) in [6.07, 6.45) is -2.02. The highest BCUT2D eigenvalue weighted by Crippen LogP contribution is 2.35. The van der Waals surface area contributed by atoms with Crippen molar-refractivity contribution >= 4 is 29.6 Å². The fourth-order valence-corrected chi connectivity index (χ4v) is 5.26. The van der Waals surface area contributed by atoms with Crippen LogP contribution in [-0.4, -0.2) is 91.1 Å². The van der Waals surface area contributed by atoms with Gasteiger partial charge in [0, 0.05) is 57.9 Å². The van der Waals surface area contributed by atoms with Crippen LogP contribution in [0.2, 0.25) is 0 Å². The monoisotopic (exact) mass is 570 g/mol. The zero-order valence-corrected chi connectivity index (χ0v) is 22.0. The van der Waals surface area contributed by atoms with Crippen molar-refractivity contribution < 1.29 is 46.9 Å². The Morgan fingerprint density at radius 3 is 2.25 bits per heavy atom. The van der Waals surface area contributed by atoms with Crippen LogP contribution in [0, 0.1) is 11.8 Å². The largest absolute Gasteiger partial charge is 0.573 e. The molecule has 0 atom stereocenters. The Morgan fingerprint density at radius 1 is 0.975 bits per heavy atom. The molecule has 11 nitrogen and oxygen atoms in total. The molecule has 1 aromatic carbocycles. The molecule has 40 heavy (non-hydrogen) atoms. The number of anilines is 1. The lowest BCUT2D eigenvalue weighted by Gasteiger charge is -2.33. The van der Waals surface area contributed by atoms with Gasteiger partial charge in [0.05, 0.1) is 5.69 Å². The first-order valence-corrected chi connectivity index (χ1v) is 13.4. The summed E-state index contributed by atoms with van der Waals surface area (Å²) in [4.78, 5) is 52.0. The zero-order valence-electron chi connectivity index (χ0n) is 22.0. The molecule has 1 aromatic rings. The van der Waals surface area contributed by atoms with Gasteiger partial charge in [0.25, 0.3) is 5.91 Å². The van der Waals surface area contributed by atoms with E-state index < -0.39 is 30.1 Å². The molecule has 2 N–H and O–H groups in total. The van der Waals surface area contributed by atoms with E-state index >= 15 is 0 Å². The van der Waals surface area contributed by atoms with Gasteiger partial charge in [-0.15, -0.1) is 13.2 Å². The van der Waals surface area contributed by atoms with Crippen molar-refractivity contribution in [2.75, 3.05) is 50.8 Å². The van der Waals surface area contributed by atoms with Crippen molar-refractivity contribution in [2.45, 2.75) is 44.9 Å². The molecule has 3 fully saturated rings. The average molecular weight is 571 g/mol. The molecule has 5 amide bonds. The summed E-state index contributed by atoms with van der Waals surface area (Å²) in [7, 11) is 0. The number of hydrogen-bond acceptors (Lipinski definition) is 6. The lowest BCUT2D eigenvalue weighted by Crippen LogP contribution is -2.49. The number of carbonyl (C=O) groups is 4. The molecule has 0 bridgehead atoms. The smallest absolute Gasteiger partial charge is 0.465 e. The van der Waals surface area contributed by atoms with Crippen LogP contribution in [0.1, 0.15) is 48.9 Å². The maximum absolute atomic E-state index is 13.2. The molecule has 0 aliphatic carbocycles. The molecule has 3 aliphatic heterocycles. The van der Waals surface area contributed by atoms with Gasteiger partial charge in [-0.05, 0) is 62.1 Å². The van der Waals surface area contributed by atoms with E-state index in [2.05, 4.69) is 10.1 Å². The summed E-state index contributed by atoms with van der Waals surface area (Å²) in [6, 6.07) is 2.54. The fraction of sp³-hybridized carbons (Fsp3) is 0.615. The van der Waals surface area contributed by atoms with Crippen molar-refractivity contribution in [3.05, 3.63) is 23.8 Å². The SMILES string of the molecule is O=C1CCN(c2cc(C(=O)N3CCC(COCCC4CCN(C(=O)O)CC4)CC3)ccc2OC(F)(F)F)C(=O)N1. The molecule has 3 heterocycles. The molecule has 3 saturated heterocycles. The number of nitrogens with one attached hydrogen (secondary N) is 1. The minimum Gasteiger partial charge on any atom is -0.465 e. The van der Waals surface area contributed by atoms with Crippen molar-refractivity contribution in [3.63, 3.8) is 0 Å². The number of ether oxygens (including phenoxy) is 2. The van der Waals surface area contributed by atoms with E-state index in [0.29, 0.717) is 58.2 Å². The third-order valence-electron chi connectivity index (χ3n) is 7.59. The number of carbonyl (C=O) groups excluding carboxylic acids is 3. The summed E-state index contributed by atoms with van der Waals surface area (Å²) in [6.45, 7) is 3.02. The summed E-state index contributed by atoms with van der Waals surface area (Å²) in [5, 5.41) is 11.1. The van der Waals surface area contributed by atoms with Crippen LogP contribution >= 0.6 is 0 Å². The Morgan fingerprint density at radius 2 is 1.62 bits per heavy atom. The Balaban J connectivity index is 1.28. The molecule has 3 aliphatic rings. The van der Waals surface area contributed by atoms with Crippen LogP contribution in [0.15, 0.2) is 18.2 Å². The maximum Gasteiger partial charge on any atom is 0.573 e. The standard InChI is InChI=1S/C26H33F3N4O7/c27-26(28,29)40-21-2-1-19(15-20(21)33-13-7-22(34)30-24(33)36)23(35)31-9-5-18(6-10-31)16-39-14-8-17-3-11-32(12-4-17)25(37)38/h1-2,15,17-18H,3-14,16H2,(H,37,38)(H,30,34,36). The van der Waals surface area contributed by atoms with Crippen molar-refractivity contribution in [2.24, 2.45) is 11.8 Å². The lowest BCUT2D eigenvalue weighted by molar-refractivity contribution is -0.274. The second-order valence-electron chi connectivity index (χ2n) is 10.3. The van der Waals surface area contributed by atoms with Gasteiger partial charge in [0.15, 0.2) is 5.75 Å². The van der Waals surface area contributed by atoms with E-state index in [1.165, 1.54) is 17.0 Å². The Labute approximate surface area is 229 Å². The molecule has 4 rings (SSSR count). The number of halogens is 3. The molecular formula is C26H33F3N4O7. The second kappa shape index (κ2) is 12.7. The van der Waals surface area contributed by atoms with Gasteiger partial charge in [-0.25, -0.2) is 9.59 Å². The van der Waals surface area contributed by atoms with Crippen LogP contribution < -0.4 is 15.0 Å². The molecule has 0 unspecified atom stereocenters. The van der Waals surface area contributed by atoms with Crippen LogP contribution in [0.3, 0.4) is 0 Å². The predicted molar refractivity (Wildman–Crippen MR) is 135 cm³/mol. The van der Waals surface area contributed by atoms with Crippen LogP contribution in [0.5, 0.6) is 5.75 Å². The number of alkyl halides is 3. The van der Waals surface area contributed by atoms with Crippen molar-refractivity contribution in [1.29, 1.82) is 0 Å². The van der Waals surface area contributed by atoms with Crippen molar-refractivity contribution in [3.8, 4) is 5.75 Å². The predicted octanol–water partition coefficient (Wildman–Crippen LogP) is 3.68. The maximum atomic E-state index is 13.2. The first kappa shape index (κ1) is 29.4. The number of hydrogen-bond donors (Lipinski definition) is 2. The number of imide groups is 1. The molecule has 0 saturated carbocycles. The van der Waals surface area contributed by atoms with Crippen molar-refractivity contribution in [1.82, 2.24) is 15.1 Å². The summed E-state index contributed by atoms with van der Waals surface area (Å²) in [5.41, 5.74) is -0.136. The van der Waals surface area contributed by atoms with Gasteiger partial charge in [-0.1, -0.05) is 0 Å². The minimum atomic E-state index is -5.01. The molecular weight excluding hydrogens is 537 g/mol. The van der Waals surface area contributed by atoms with Gasteiger partial charge < -0.3 is 24.4 Å². The van der Waals surface area contributed by atoms with Gasteiger partial charge >= 0.3 is 18.5 Å². The van der Waals surface area contributed by atoms with E-state index in [4.69, 9.17) is 9.84 Å². The van der Waals surface area contributed by atoms with Crippen LogP contribution in [0.4, 0.5) is 28.4 Å². The Kier molecular flexibility index (Phi) is 9.38. The summed E-state index contributed by atoms with van der Waals surface area (Å²) >= 11 is 0. The van der Waals surface area contributed by atoms with Crippen LogP contribution in [0.25, 0.3) is 0 Å². The highest BCUT2D eigenvalue weighted by molar-refractivity contribution is 6.07. The average Bonchev–Trinajstić information content (AvgIpc) is 2.91. The number of likely N-dealkylation sites (tertiary alicyclic amines) is 2. The molecule has 0 spiro atoms. The van der Waals surface area contributed by atoms with Gasteiger partial charge in [0.1, 0.15) is 0 Å². The van der Waals surface area contributed by atoms with Crippen LogP contribution in [-0.2, 0) is 9.53 Å². The first-order chi connectivity index (χ1) is 19.0. The highest BCUT2D eigenvalue weighted by atomic mass is 19.4. The summed E-state index contributed by atoms with van der Waals surface area (Å²) < 4.78 is 48.9. The summed E-state index contributed by atoms with van der Waals surface area (Å²) in [5.74, 6) is -0.841. The minimum absolute atomic E-state index is 0.102. The number of piperidine rings is 2. The molecule has 14 heteroatoms. The van der Waals surface area contributed by atoms with E-state index in [9.17, 15) is 32.3 Å². The van der Waals surface area contributed by atoms with Gasteiger partial charge in [-0.2, -0.15) is 0 Å². The normalized spacial score (nSPS) is 19.5. The third kappa shape index (κ3) is 7.77. The van der Waals surface area contributed by atoms with E-state index in [1.54, 1.807) is 4.90 Å². The number of amides is 5. The molecule has 0 radical (unpaired) electrons. The lowest BCUT2D eigenvalue weighted by atomic mass is 9.94. The van der Waals surface area contributed by atoms with E-state index in [1.807, 2.05) is 0 Å². The first-order valence-electron chi connectivity index (χ1n) is 13.4. The quantitative estimate of drug-likeness (QED) is 0.457. The highest BCUT2D eigenvalue weighted by Gasteiger charge is 2.35. The van der Waals surface area contributed by atoms with E-state index in [-0.39, 0.29) is 36.0 Å². The molecule has 0 aromatic heterocycles. The van der Waals surface area contributed by atoms with Gasteiger partial charge in [-0.3, -0.25) is 19.8 Å². The molecule has 220 valence electrons. The number of rotatable bonds is 8. The second-order valence-corrected chi connectivity index (χ2v) is 10.3. The fourth-order valence-electron chi connectivity index (χ4n) is 5.26. The van der Waals surface area contributed by atoms with E-state index in [0.717, 1.165) is 30.2 Å². The number of urea groups is 1. The number of carboxylic acid groups (broad SMARTS) is 1. The van der Waals surface area contributed by atoms with Gasteiger partial charge in [0.2, 0.25) is 5.91 Å². The number of nitrogens with zero attached hydrogens (tertiary/aromatic N) is 3. The topological polar surface area (TPSA) is 129 Å². The Bertz CT molecular complexity index is 1100. The third-order valence-corrected chi connectivity index (χ3v) is 7.59.